The first kappa shape index (κ1) is 19.4. The van der Waals surface area contributed by atoms with Crippen molar-refractivity contribution in [3.05, 3.63) is 24.3 Å². The van der Waals surface area contributed by atoms with Crippen molar-refractivity contribution in [3.8, 4) is 0 Å². The van der Waals surface area contributed by atoms with E-state index in [2.05, 4.69) is 15.3 Å². The van der Waals surface area contributed by atoms with Crippen molar-refractivity contribution in [2.75, 3.05) is 25.1 Å². The van der Waals surface area contributed by atoms with Gasteiger partial charge < -0.3 is 4.74 Å². The van der Waals surface area contributed by atoms with Crippen molar-refractivity contribution in [1.82, 2.24) is 4.31 Å². The number of rotatable bonds is 8. The molecule has 0 amide bonds. The maximum Gasteiger partial charge on any atom is 0.370 e. The van der Waals surface area contributed by atoms with Crippen LogP contribution in [0, 0.1) is 0 Å². The minimum atomic E-state index is -3.50. The largest absolute Gasteiger partial charge is 0.461 e. The highest BCUT2D eigenvalue weighted by Crippen LogP contribution is 2.18. The molecule has 128 valence electrons. The van der Waals surface area contributed by atoms with Crippen LogP contribution in [0.5, 0.6) is 0 Å². The van der Waals surface area contributed by atoms with Crippen LogP contribution in [0.15, 0.2) is 34.3 Å². The van der Waals surface area contributed by atoms with Crippen molar-refractivity contribution in [1.29, 1.82) is 0 Å². The fourth-order valence-corrected chi connectivity index (χ4v) is 3.32. The number of nitrogens with zero attached hydrogens (tertiary/aromatic N) is 2. The smallest absolute Gasteiger partial charge is 0.370 e. The molecular weight excluding hydrogens is 342 g/mol. The Morgan fingerprint density at radius 3 is 2.26 bits per heavy atom. The van der Waals surface area contributed by atoms with Crippen LogP contribution in [-0.2, 0) is 19.6 Å². The Hall–Kier alpha value is -1.64. The summed E-state index contributed by atoms with van der Waals surface area (Å²) in [7, 11) is -3.50. The third-order valence-corrected chi connectivity index (χ3v) is 5.23. The van der Waals surface area contributed by atoms with Gasteiger partial charge in [0.05, 0.1) is 17.2 Å². The van der Waals surface area contributed by atoms with Crippen molar-refractivity contribution in [3.63, 3.8) is 0 Å². The molecule has 23 heavy (non-hydrogen) atoms. The van der Waals surface area contributed by atoms with Crippen LogP contribution in [0.3, 0.4) is 0 Å². The van der Waals surface area contributed by atoms with Crippen LogP contribution < -0.4 is 5.43 Å². The van der Waals surface area contributed by atoms with E-state index < -0.39 is 16.0 Å². The number of hydrazone groups is 1. The Bertz CT molecular complexity index is 655. The summed E-state index contributed by atoms with van der Waals surface area (Å²) < 4.78 is 30.7. The second kappa shape index (κ2) is 8.85. The fourth-order valence-electron chi connectivity index (χ4n) is 1.76. The van der Waals surface area contributed by atoms with Gasteiger partial charge in [-0.3, -0.25) is 5.43 Å². The van der Waals surface area contributed by atoms with Crippen LogP contribution >= 0.6 is 11.6 Å². The van der Waals surface area contributed by atoms with Gasteiger partial charge in [0.25, 0.3) is 0 Å². The lowest BCUT2D eigenvalue weighted by molar-refractivity contribution is -0.134. The molecule has 0 saturated heterocycles. The number of ether oxygens (including phenoxy) is 1. The standard InChI is InChI=1S/C14H20ClN3O4S/c1-4-18(5-2)23(20,21)12-9-7-11(8-10-12)16-17-13(15)14(19)22-6-3/h7-10,16H,4-6H2,1-3H3. The van der Waals surface area contributed by atoms with Crippen LogP contribution in [-0.4, -0.2) is 43.6 Å². The molecular formula is C14H20ClN3O4S. The highest BCUT2D eigenvalue weighted by Gasteiger charge is 2.21. The minimum Gasteiger partial charge on any atom is -0.461 e. The number of hydrogen-bond acceptors (Lipinski definition) is 6. The molecule has 1 aromatic rings. The molecule has 0 saturated carbocycles. The predicted molar refractivity (Wildman–Crippen MR) is 90.1 cm³/mol. The molecule has 1 rings (SSSR count). The monoisotopic (exact) mass is 361 g/mol. The topological polar surface area (TPSA) is 88.1 Å². The third-order valence-electron chi connectivity index (χ3n) is 2.92. The van der Waals surface area contributed by atoms with E-state index >= 15 is 0 Å². The third kappa shape index (κ3) is 5.19. The molecule has 0 aliphatic rings. The summed E-state index contributed by atoms with van der Waals surface area (Å²) >= 11 is 5.65. The van der Waals surface area contributed by atoms with Gasteiger partial charge >= 0.3 is 5.97 Å². The molecule has 7 nitrogen and oxygen atoms in total. The molecule has 0 aliphatic carbocycles. The number of halogens is 1. The quantitative estimate of drug-likeness (QED) is 0.436. The molecule has 9 heteroatoms. The summed E-state index contributed by atoms with van der Waals surface area (Å²) in [6.07, 6.45) is 0. The van der Waals surface area contributed by atoms with Gasteiger partial charge in [-0.15, -0.1) is 0 Å². The maximum atomic E-state index is 12.3. The lowest BCUT2D eigenvalue weighted by Crippen LogP contribution is -2.30. The molecule has 1 N–H and O–H groups in total. The van der Waals surface area contributed by atoms with E-state index in [0.717, 1.165) is 0 Å². The van der Waals surface area contributed by atoms with E-state index in [4.69, 9.17) is 11.6 Å². The average molecular weight is 362 g/mol. The van der Waals surface area contributed by atoms with Gasteiger partial charge in [-0.05, 0) is 31.2 Å². The van der Waals surface area contributed by atoms with Gasteiger partial charge in [0.15, 0.2) is 0 Å². The zero-order valence-electron chi connectivity index (χ0n) is 13.2. The first-order chi connectivity index (χ1) is 10.9. The predicted octanol–water partition coefficient (Wildman–Crippen LogP) is 2.24. The number of carbonyl (C=O) groups is 1. The van der Waals surface area contributed by atoms with Gasteiger partial charge in [0.1, 0.15) is 0 Å². The van der Waals surface area contributed by atoms with Gasteiger partial charge in [-0.25, -0.2) is 13.2 Å². The van der Waals surface area contributed by atoms with Gasteiger partial charge in [-0.1, -0.05) is 25.4 Å². The number of sulfonamides is 1. The molecule has 0 atom stereocenters. The minimum absolute atomic E-state index is 0.187. The lowest BCUT2D eigenvalue weighted by atomic mass is 10.3. The number of anilines is 1. The van der Waals surface area contributed by atoms with E-state index in [9.17, 15) is 13.2 Å². The summed E-state index contributed by atoms with van der Waals surface area (Å²) in [4.78, 5) is 11.5. The molecule has 0 spiro atoms. The van der Waals surface area contributed by atoms with E-state index in [0.29, 0.717) is 18.8 Å². The van der Waals surface area contributed by atoms with Crippen LogP contribution in [0.4, 0.5) is 5.69 Å². The molecule has 0 aromatic heterocycles. The fraction of sp³-hybridized carbons (Fsp3) is 0.429. The molecule has 0 fully saturated rings. The number of benzene rings is 1. The van der Waals surface area contributed by atoms with Crippen LogP contribution in [0.2, 0.25) is 0 Å². The Morgan fingerprint density at radius 2 is 1.78 bits per heavy atom. The molecule has 0 heterocycles. The number of nitrogens with one attached hydrogen (secondary N) is 1. The summed E-state index contributed by atoms with van der Waals surface area (Å²) in [6.45, 7) is 6.22. The first-order valence-corrected chi connectivity index (χ1v) is 8.95. The molecule has 1 aromatic carbocycles. The number of esters is 1. The summed E-state index contributed by atoms with van der Waals surface area (Å²) in [5, 5.41) is 3.33. The Kier molecular flexibility index (Phi) is 7.47. The van der Waals surface area contributed by atoms with E-state index in [1.165, 1.54) is 28.6 Å². The van der Waals surface area contributed by atoms with Gasteiger partial charge in [0.2, 0.25) is 15.2 Å². The lowest BCUT2D eigenvalue weighted by Gasteiger charge is -2.18. The van der Waals surface area contributed by atoms with Gasteiger partial charge in [0, 0.05) is 13.1 Å². The number of hydrogen-bond donors (Lipinski definition) is 1. The highest BCUT2D eigenvalue weighted by atomic mass is 35.5. The molecule has 0 aliphatic heterocycles. The van der Waals surface area contributed by atoms with Crippen LogP contribution in [0.1, 0.15) is 20.8 Å². The average Bonchev–Trinajstić information content (AvgIpc) is 2.54. The maximum absolute atomic E-state index is 12.3. The van der Waals surface area contributed by atoms with Crippen molar-refractivity contribution < 1.29 is 17.9 Å². The van der Waals surface area contributed by atoms with Crippen LogP contribution in [0.25, 0.3) is 0 Å². The molecule has 0 radical (unpaired) electrons. The zero-order chi connectivity index (χ0) is 17.5. The normalized spacial score (nSPS) is 12.3. The summed E-state index contributed by atoms with van der Waals surface area (Å²) in [5.41, 5.74) is 3.06. The second-order valence-electron chi connectivity index (χ2n) is 4.35. The van der Waals surface area contributed by atoms with Crippen molar-refractivity contribution in [2.45, 2.75) is 25.7 Å². The van der Waals surface area contributed by atoms with E-state index in [1.807, 2.05) is 0 Å². The highest BCUT2D eigenvalue weighted by molar-refractivity contribution is 7.89. The Labute approximate surface area is 141 Å². The first-order valence-electron chi connectivity index (χ1n) is 7.13. The van der Waals surface area contributed by atoms with E-state index in [1.54, 1.807) is 20.8 Å². The van der Waals surface area contributed by atoms with Crippen molar-refractivity contribution in [2.24, 2.45) is 5.10 Å². The van der Waals surface area contributed by atoms with E-state index in [-0.39, 0.29) is 16.7 Å². The summed E-state index contributed by atoms with van der Waals surface area (Å²) in [5.74, 6) is -0.734. The Balaban J connectivity index is 2.85. The summed E-state index contributed by atoms with van der Waals surface area (Å²) in [6, 6.07) is 6.00. The number of carbonyl (C=O) groups excluding carboxylic acids is 1. The van der Waals surface area contributed by atoms with Crippen molar-refractivity contribution >= 4 is 38.5 Å². The second-order valence-corrected chi connectivity index (χ2v) is 6.64. The Morgan fingerprint density at radius 1 is 1.22 bits per heavy atom. The zero-order valence-corrected chi connectivity index (χ0v) is 14.8. The SMILES string of the molecule is CCOC(=O)C(Cl)=NNc1ccc(S(=O)(=O)N(CC)CC)cc1. The molecule has 0 bridgehead atoms. The molecule has 0 unspecified atom stereocenters. The van der Waals surface area contributed by atoms with Gasteiger partial charge in [-0.2, -0.15) is 9.41 Å².